The summed E-state index contributed by atoms with van der Waals surface area (Å²) in [6.45, 7) is 5.08. The molecule has 0 radical (unpaired) electrons. The summed E-state index contributed by atoms with van der Waals surface area (Å²) in [4.78, 5) is 6.33. The van der Waals surface area contributed by atoms with Gasteiger partial charge in [0.2, 0.25) is 0 Å². The first kappa shape index (κ1) is 14.0. The van der Waals surface area contributed by atoms with E-state index >= 15 is 0 Å². The maximum Gasteiger partial charge on any atom is 0.124 e. The minimum atomic E-state index is -0.213. The second kappa shape index (κ2) is 6.68. The third-order valence-corrected chi connectivity index (χ3v) is 3.71. The Morgan fingerprint density at radius 2 is 2.11 bits per heavy atom. The molecule has 2 aromatic rings. The minimum absolute atomic E-state index is 0.213. The Balaban J connectivity index is 2.06. The van der Waals surface area contributed by atoms with Crippen LogP contribution in [-0.4, -0.2) is 11.5 Å². The van der Waals surface area contributed by atoms with E-state index in [9.17, 15) is 4.39 Å². The number of nitrogens with one attached hydrogen (secondary N) is 1. The highest BCUT2D eigenvalue weighted by atomic mass is 32.2. The summed E-state index contributed by atoms with van der Waals surface area (Å²) in [5.74, 6) is -0.213. The molecule has 0 bridgehead atoms. The van der Waals surface area contributed by atoms with Gasteiger partial charge < -0.3 is 5.32 Å². The summed E-state index contributed by atoms with van der Waals surface area (Å²) >= 11 is 1.51. The molecule has 1 aromatic heterocycles. The standard InChI is InChI=1S/C15H17FN2S/c1-3-17-11(2)15-8-7-14(10-18-15)19-13-6-4-5-12(16)9-13/h4-11,17H,3H2,1-2H3. The Labute approximate surface area is 117 Å². The molecule has 0 aliphatic rings. The molecule has 2 nitrogen and oxygen atoms in total. The van der Waals surface area contributed by atoms with E-state index in [4.69, 9.17) is 0 Å². The monoisotopic (exact) mass is 276 g/mol. The van der Waals surface area contributed by atoms with Crippen LogP contribution in [0.3, 0.4) is 0 Å². The highest BCUT2D eigenvalue weighted by molar-refractivity contribution is 7.99. The average Bonchev–Trinajstić information content (AvgIpc) is 2.40. The quantitative estimate of drug-likeness (QED) is 0.892. The molecule has 1 heterocycles. The Morgan fingerprint density at radius 3 is 2.74 bits per heavy atom. The van der Waals surface area contributed by atoms with Crippen LogP contribution in [0.5, 0.6) is 0 Å². The summed E-state index contributed by atoms with van der Waals surface area (Å²) in [6, 6.07) is 10.9. The maximum absolute atomic E-state index is 13.1. The zero-order valence-electron chi connectivity index (χ0n) is 11.1. The molecule has 1 atom stereocenters. The average molecular weight is 276 g/mol. The van der Waals surface area contributed by atoms with Crippen molar-refractivity contribution in [3.8, 4) is 0 Å². The van der Waals surface area contributed by atoms with Gasteiger partial charge in [-0.1, -0.05) is 24.8 Å². The Bertz CT molecular complexity index is 528. The van der Waals surface area contributed by atoms with E-state index in [1.807, 2.05) is 24.4 Å². The van der Waals surface area contributed by atoms with Gasteiger partial charge in [-0.15, -0.1) is 0 Å². The smallest absolute Gasteiger partial charge is 0.124 e. The summed E-state index contributed by atoms with van der Waals surface area (Å²) in [5, 5.41) is 3.32. The lowest BCUT2D eigenvalue weighted by atomic mass is 10.2. The van der Waals surface area contributed by atoms with E-state index in [0.29, 0.717) is 0 Å². The number of rotatable bonds is 5. The largest absolute Gasteiger partial charge is 0.309 e. The normalized spacial score (nSPS) is 12.4. The first-order valence-corrected chi connectivity index (χ1v) is 7.13. The number of aromatic nitrogens is 1. The fraction of sp³-hybridized carbons (Fsp3) is 0.267. The van der Waals surface area contributed by atoms with Crippen LogP contribution in [0.15, 0.2) is 52.4 Å². The molecule has 0 amide bonds. The topological polar surface area (TPSA) is 24.9 Å². The third-order valence-electron chi connectivity index (χ3n) is 2.74. The number of nitrogens with zero attached hydrogens (tertiary/aromatic N) is 1. The number of benzene rings is 1. The third kappa shape index (κ3) is 4.04. The Morgan fingerprint density at radius 1 is 1.26 bits per heavy atom. The Kier molecular flexibility index (Phi) is 4.93. The van der Waals surface area contributed by atoms with Crippen LogP contribution in [0.4, 0.5) is 4.39 Å². The van der Waals surface area contributed by atoms with E-state index in [1.54, 1.807) is 6.07 Å². The lowest BCUT2D eigenvalue weighted by Crippen LogP contribution is -2.18. The molecule has 1 aromatic carbocycles. The van der Waals surface area contributed by atoms with Crippen molar-refractivity contribution >= 4 is 11.8 Å². The van der Waals surface area contributed by atoms with Crippen molar-refractivity contribution in [2.24, 2.45) is 0 Å². The van der Waals surface area contributed by atoms with Crippen molar-refractivity contribution in [3.05, 3.63) is 54.1 Å². The molecule has 100 valence electrons. The van der Waals surface area contributed by atoms with Gasteiger partial charge in [0, 0.05) is 22.0 Å². The summed E-state index contributed by atoms with van der Waals surface area (Å²) < 4.78 is 13.1. The minimum Gasteiger partial charge on any atom is -0.309 e. The lowest BCUT2D eigenvalue weighted by molar-refractivity contribution is 0.582. The molecule has 0 aliphatic heterocycles. The van der Waals surface area contributed by atoms with Gasteiger partial charge >= 0.3 is 0 Å². The molecule has 0 saturated heterocycles. The molecular weight excluding hydrogens is 259 g/mol. The van der Waals surface area contributed by atoms with Crippen molar-refractivity contribution < 1.29 is 4.39 Å². The van der Waals surface area contributed by atoms with Gasteiger partial charge in [-0.25, -0.2) is 4.39 Å². The van der Waals surface area contributed by atoms with Crippen LogP contribution in [0, 0.1) is 5.82 Å². The van der Waals surface area contributed by atoms with Crippen molar-refractivity contribution in [1.29, 1.82) is 0 Å². The van der Waals surface area contributed by atoms with Gasteiger partial charge in [-0.3, -0.25) is 4.98 Å². The SMILES string of the molecule is CCNC(C)c1ccc(Sc2cccc(F)c2)cn1. The zero-order valence-corrected chi connectivity index (χ0v) is 11.9. The van der Waals surface area contributed by atoms with E-state index in [2.05, 4.69) is 24.1 Å². The van der Waals surface area contributed by atoms with Crippen LogP contribution in [0.1, 0.15) is 25.6 Å². The first-order chi connectivity index (χ1) is 9.19. The first-order valence-electron chi connectivity index (χ1n) is 6.32. The van der Waals surface area contributed by atoms with Crippen LogP contribution in [0.2, 0.25) is 0 Å². The van der Waals surface area contributed by atoms with Gasteiger partial charge in [0.25, 0.3) is 0 Å². The molecule has 0 spiro atoms. The molecule has 0 aliphatic carbocycles. The fourth-order valence-electron chi connectivity index (χ4n) is 1.79. The van der Waals surface area contributed by atoms with Crippen molar-refractivity contribution in [1.82, 2.24) is 10.3 Å². The van der Waals surface area contributed by atoms with Crippen LogP contribution in [0.25, 0.3) is 0 Å². The van der Waals surface area contributed by atoms with Gasteiger partial charge in [0.15, 0.2) is 0 Å². The molecule has 1 N–H and O–H groups in total. The number of hydrogen-bond donors (Lipinski definition) is 1. The van der Waals surface area contributed by atoms with Gasteiger partial charge in [-0.2, -0.15) is 0 Å². The zero-order chi connectivity index (χ0) is 13.7. The predicted molar refractivity (Wildman–Crippen MR) is 76.9 cm³/mol. The van der Waals surface area contributed by atoms with Crippen LogP contribution in [-0.2, 0) is 0 Å². The van der Waals surface area contributed by atoms with Gasteiger partial charge in [-0.05, 0) is 43.8 Å². The maximum atomic E-state index is 13.1. The van der Waals surface area contributed by atoms with Crippen LogP contribution < -0.4 is 5.32 Å². The van der Waals surface area contributed by atoms with Crippen molar-refractivity contribution in [2.45, 2.75) is 29.7 Å². The molecule has 0 fully saturated rings. The fourth-order valence-corrected chi connectivity index (χ4v) is 2.62. The highest BCUT2D eigenvalue weighted by Gasteiger charge is 2.05. The lowest BCUT2D eigenvalue weighted by Gasteiger charge is -2.11. The molecule has 0 saturated carbocycles. The Hall–Kier alpha value is -1.39. The van der Waals surface area contributed by atoms with Gasteiger partial charge in [0.1, 0.15) is 5.82 Å². The van der Waals surface area contributed by atoms with E-state index in [1.165, 1.54) is 23.9 Å². The van der Waals surface area contributed by atoms with Gasteiger partial charge in [0.05, 0.1) is 5.69 Å². The van der Waals surface area contributed by atoms with Crippen molar-refractivity contribution in [2.75, 3.05) is 6.54 Å². The summed E-state index contributed by atoms with van der Waals surface area (Å²) in [5.41, 5.74) is 1.02. The number of hydrogen-bond acceptors (Lipinski definition) is 3. The molecular formula is C15H17FN2S. The number of halogens is 1. The van der Waals surface area contributed by atoms with Crippen molar-refractivity contribution in [3.63, 3.8) is 0 Å². The molecule has 19 heavy (non-hydrogen) atoms. The number of pyridine rings is 1. The second-order valence-electron chi connectivity index (χ2n) is 4.26. The van der Waals surface area contributed by atoms with E-state index < -0.39 is 0 Å². The van der Waals surface area contributed by atoms with E-state index in [0.717, 1.165) is 22.0 Å². The predicted octanol–water partition coefficient (Wildman–Crippen LogP) is 4.04. The van der Waals surface area contributed by atoms with E-state index in [-0.39, 0.29) is 11.9 Å². The molecule has 1 unspecified atom stereocenters. The summed E-state index contributed by atoms with van der Waals surface area (Å²) in [6.07, 6.45) is 1.83. The van der Waals surface area contributed by atoms with Crippen LogP contribution >= 0.6 is 11.8 Å². The second-order valence-corrected chi connectivity index (χ2v) is 5.40. The molecule has 2 rings (SSSR count). The highest BCUT2D eigenvalue weighted by Crippen LogP contribution is 2.27. The summed E-state index contributed by atoms with van der Waals surface area (Å²) in [7, 11) is 0. The molecule has 4 heteroatoms.